The maximum atomic E-state index is 12.5. The molecule has 0 bridgehead atoms. The molecule has 1 aliphatic carbocycles. The number of carbonyl (C=O) groups excluding carboxylic acids is 5. The van der Waals surface area contributed by atoms with Crippen LogP contribution in [0.3, 0.4) is 0 Å². The summed E-state index contributed by atoms with van der Waals surface area (Å²) in [5, 5.41) is 3.90. The van der Waals surface area contributed by atoms with Crippen molar-refractivity contribution in [3.63, 3.8) is 0 Å². The smallest absolute Gasteiger partial charge is 0.363 e. The Morgan fingerprint density at radius 2 is 1.49 bits per heavy atom. The highest BCUT2D eigenvalue weighted by Gasteiger charge is 2.41. The first-order valence-electron chi connectivity index (χ1n) is 12.9. The van der Waals surface area contributed by atoms with Crippen LogP contribution in [0.4, 0.5) is 13.2 Å². The van der Waals surface area contributed by atoms with Crippen molar-refractivity contribution in [2.75, 3.05) is 13.1 Å². The zero-order valence-electron chi connectivity index (χ0n) is 23.2. The van der Waals surface area contributed by atoms with Gasteiger partial charge in [-0.2, -0.15) is 13.2 Å². The Balaban J connectivity index is 0. The van der Waals surface area contributed by atoms with Crippen LogP contribution in [-0.2, 0) is 24.0 Å². The van der Waals surface area contributed by atoms with Gasteiger partial charge in [0.15, 0.2) is 0 Å². The molecule has 0 radical (unpaired) electrons. The first-order chi connectivity index (χ1) is 17.1. The van der Waals surface area contributed by atoms with Crippen LogP contribution in [0.5, 0.6) is 0 Å². The van der Waals surface area contributed by atoms with E-state index in [4.69, 9.17) is 5.73 Å². The second-order valence-corrected chi connectivity index (χ2v) is 9.33. The van der Waals surface area contributed by atoms with Gasteiger partial charge in [-0.05, 0) is 31.1 Å². The number of primary amides is 1. The first-order valence-corrected chi connectivity index (χ1v) is 12.9. The molecule has 2 unspecified atom stereocenters. The van der Waals surface area contributed by atoms with Crippen molar-refractivity contribution in [1.82, 2.24) is 15.5 Å². The van der Waals surface area contributed by atoms with E-state index in [0.717, 1.165) is 23.7 Å². The SMILES string of the molecule is CC.CC(C)C.CCC.NC(=O)C(=O)C(CC1CC1)NC(=O)C1CCCN1C(=O)CNC(=O)C(F)(F)F. The number of rotatable bonds is 8. The first kappa shape index (κ1) is 36.5. The van der Waals surface area contributed by atoms with Crippen molar-refractivity contribution in [1.29, 1.82) is 0 Å². The lowest BCUT2D eigenvalue weighted by molar-refractivity contribution is -0.174. The van der Waals surface area contributed by atoms with E-state index in [2.05, 4.69) is 39.9 Å². The summed E-state index contributed by atoms with van der Waals surface area (Å²) in [6.45, 7) is 14.0. The summed E-state index contributed by atoms with van der Waals surface area (Å²) in [4.78, 5) is 59.6. The van der Waals surface area contributed by atoms with Crippen molar-refractivity contribution < 1.29 is 37.1 Å². The maximum absolute atomic E-state index is 12.5. The van der Waals surface area contributed by atoms with Gasteiger partial charge in [-0.25, -0.2) is 0 Å². The number of nitrogens with zero attached hydrogens (tertiary/aromatic N) is 1. The van der Waals surface area contributed by atoms with Crippen LogP contribution in [0.25, 0.3) is 0 Å². The molecule has 0 aromatic rings. The van der Waals surface area contributed by atoms with Crippen molar-refractivity contribution >= 4 is 29.4 Å². The van der Waals surface area contributed by atoms with Gasteiger partial charge in [-0.15, -0.1) is 0 Å². The van der Waals surface area contributed by atoms with Gasteiger partial charge in [0.05, 0.1) is 12.6 Å². The molecular formula is C25H45F3N4O5. The van der Waals surface area contributed by atoms with E-state index in [-0.39, 0.29) is 25.3 Å². The quantitative estimate of drug-likeness (QED) is 0.408. The highest BCUT2D eigenvalue weighted by molar-refractivity contribution is 6.37. The zero-order valence-corrected chi connectivity index (χ0v) is 23.2. The van der Waals surface area contributed by atoms with E-state index in [1.54, 1.807) is 0 Å². The molecular weight excluding hydrogens is 493 g/mol. The summed E-state index contributed by atoms with van der Waals surface area (Å²) in [6, 6.07) is -2.10. The normalized spacial score (nSPS) is 17.1. The number of amides is 4. The van der Waals surface area contributed by atoms with Crippen LogP contribution in [0.1, 0.15) is 87.0 Å². The van der Waals surface area contributed by atoms with Gasteiger partial charge in [-0.1, -0.05) is 67.7 Å². The Kier molecular flexibility index (Phi) is 18.3. The van der Waals surface area contributed by atoms with E-state index < -0.39 is 54.2 Å². The van der Waals surface area contributed by atoms with Crippen molar-refractivity contribution in [2.45, 2.75) is 105 Å². The van der Waals surface area contributed by atoms with Crippen LogP contribution in [0, 0.1) is 11.8 Å². The fraction of sp³-hybridized carbons (Fsp3) is 0.800. The van der Waals surface area contributed by atoms with Gasteiger partial charge in [0.1, 0.15) is 6.04 Å². The number of alkyl halides is 3. The third kappa shape index (κ3) is 15.9. The molecule has 4 amide bonds. The van der Waals surface area contributed by atoms with Crippen LogP contribution in [-0.4, -0.2) is 65.7 Å². The van der Waals surface area contributed by atoms with E-state index >= 15 is 0 Å². The Labute approximate surface area is 218 Å². The maximum Gasteiger partial charge on any atom is 0.471 e. The summed E-state index contributed by atoms with van der Waals surface area (Å²) in [5.41, 5.74) is 5.00. The van der Waals surface area contributed by atoms with Crippen LogP contribution >= 0.6 is 0 Å². The molecule has 1 heterocycles. The molecule has 0 aromatic heterocycles. The molecule has 2 aliphatic rings. The average molecular weight is 539 g/mol. The number of hydrogen-bond acceptors (Lipinski definition) is 5. The second-order valence-electron chi connectivity index (χ2n) is 9.33. The minimum absolute atomic E-state index is 0.121. The van der Waals surface area contributed by atoms with Gasteiger partial charge in [-0.3, -0.25) is 24.0 Å². The summed E-state index contributed by atoms with van der Waals surface area (Å²) in [5.74, 6) is -4.87. The van der Waals surface area contributed by atoms with E-state index in [1.165, 1.54) is 11.7 Å². The van der Waals surface area contributed by atoms with Gasteiger partial charge < -0.3 is 21.3 Å². The van der Waals surface area contributed by atoms with Gasteiger partial charge in [0.25, 0.3) is 5.91 Å². The fourth-order valence-electron chi connectivity index (χ4n) is 3.05. The standard InChI is InChI=1S/C16H21F3N4O5.C4H10.C3H8.C2H6/c17-16(18,19)15(28)21-7-11(24)23-5-1-2-10(23)14(27)22-9(6-8-3-4-8)12(25)13(20)26;1-4(2)3;1-3-2;1-2/h8-10H,1-7H2,(H2,20,26)(H,21,28)(H,22,27);4H,1-3H3;3H2,1-2H3;1-2H3. The van der Waals surface area contributed by atoms with Crippen molar-refractivity contribution in [3.05, 3.63) is 0 Å². The fourth-order valence-corrected chi connectivity index (χ4v) is 3.05. The van der Waals surface area contributed by atoms with E-state index in [0.29, 0.717) is 6.42 Å². The molecule has 216 valence electrons. The number of Topliss-reactive ketones (excluding diaryl/α,β-unsaturated/α-hetero) is 1. The Hall–Kier alpha value is -2.66. The zero-order chi connectivity index (χ0) is 29.3. The number of nitrogens with two attached hydrogens (primary N) is 1. The summed E-state index contributed by atoms with van der Waals surface area (Å²) in [7, 11) is 0. The van der Waals surface area contributed by atoms with E-state index in [1.807, 2.05) is 13.8 Å². The molecule has 12 heteroatoms. The molecule has 2 fully saturated rings. The third-order valence-corrected chi connectivity index (χ3v) is 4.68. The molecule has 1 aliphatic heterocycles. The number of ketones is 1. The highest BCUT2D eigenvalue weighted by atomic mass is 19.4. The predicted octanol–water partition coefficient (Wildman–Crippen LogP) is 3.10. The number of halogens is 3. The molecule has 1 saturated heterocycles. The van der Waals surface area contributed by atoms with Gasteiger partial charge in [0, 0.05) is 6.54 Å². The van der Waals surface area contributed by atoms with Gasteiger partial charge in [0.2, 0.25) is 17.6 Å². The van der Waals surface area contributed by atoms with E-state index in [9.17, 15) is 37.1 Å². The monoisotopic (exact) mass is 538 g/mol. The lowest BCUT2D eigenvalue weighted by Crippen LogP contribution is -2.54. The van der Waals surface area contributed by atoms with Gasteiger partial charge >= 0.3 is 12.1 Å². The van der Waals surface area contributed by atoms with Crippen LogP contribution in [0.2, 0.25) is 0 Å². The molecule has 2 rings (SSSR count). The molecule has 0 spiro atoms. The topological polar surface area (TPSA) is 139 Å². The lowest BCUT2D eigenvalue weighted by Gasteiger charge is -2.26. The number of likely N-dealkylation sites (tertiary alicyclic amines) is 1. The number of hydrogen-bond donors (Lipinski definition) is 3. The van der Waals surface area contributed by atoms with Crippen LogP contribution < -0.4 is 16.4 Å². The third-order valence-electron chi connectivity index (χ3n) is 4.68. The molecule has 4 N–H and O–H groups in total. The molecule has 2 atom stereocenters. The van der Waals surface area contributed by atoms with Crippen molar-refractivity contribution in [2.24, 2.45) is 17.6 Å². The lowest BCUT2D eigenvalue weighted by atomic mass is 10.0. The molecule has 0 aromatic carbocycles. The minimum atomic E-state index is -5.12. The Bertz CT molecular complexity index is 738. The molecule has 37 heavy (non-hydrogen) atoms. The largest absolute Gasteiger partial charge is 0.471 e. The number of nitrogens with one attached hydrogen (secondary N) is 2. The van der Waals surface area contributed by atoms with Crippen LogP contribution in [0.15, 0.2) is 0 Å². The summed E-state index contributed by atoms with van der Waals surface area (Å²) >= 11 is 0. The summed E-state index contributed by atoms with van der Waals surface area (Å²) in [6.07, 6.45) is -1.21. The summed E-state index contributed by atoms with van der Waals surface area (Å²) < 4.78 is 36.6. The number of carbonyl (C=O) groups is 5. The predicted molar refractivity (Wildman–Crippen MR) is 135 cm³/mol. The minimum Gasteiger partial charge on any atom is -0.363 e. The highest BCUT2D eigenvalue weighted by Crippen LogP contribution is 2.33. The second kappa shape index (κ2) is 18.6. The molecule has 9 nitrogen and oxygen atoms in total. The Morgan fingerprint density at radius 3 is 1.89 bits per heavy atom. The molecule has 1 saturated carbocycles. The average Bonchev–Trinajstić information content (AvgIpc) is 3.48. The Morgan fingerprint density at radius 1 is 1.00 bits per heavy atom. The van der Waals surface area contributed by atoms with Crippen molar-refractivity contribution in [3.8, 4) is 0 Å².